The second kappa shape index (κ2) is 5.71. The molecule has 0 saturated carbocycles. The van der Waals surface area contributed by atoms with Crippen molar-refractivity contribution in [3.63, 3.8) is 0 Å². The van der Waals surface area contributed by atoms with Crippen LogP contribution in [0.4, 0.5) is 0 Å². The van der Waals surface area contributed by atoms with Crippen molar-refractivity contribution in [3.05, 3.63) is 24.3 Å². The summed E-state index contributed by atoms with van der Waals surface area (Å²) in [4.78, 5) is 0.282. The van der Waals surface area contributed by atoms with Crippen LogP contribution in [0.5, 0.6) is 5.75 Å². The summed E-state index contributed by atoms with van der Waals surface area (Å²) >= 11 is 0. The van der Waals surface area contributed by atoms with Gasteiger partial charge in [0.2, 0.25) is 10.0 Å². The molecule has 1 aromatic carbocycles. The van der Waals surface area contributed by atoms with Crippen molar-refractivity contribution in [2.75, 3.05) is 26.2 Å². The average Bonchev–Trinajstić information content (AvgIpc) is 2.84. The van der Waals surface area contributed by atoms with Crippen LogP contribution < -0.4 is 10.5 Å². The SMILES string of the molecule is CCOc1cccc(S(=O)(=O)N2CCC(C)(CN)C2)c1. The summed E-state index contributed by atoms with van der Waals surface area (Å²) in [7, 11) is -3.46. The first-order chi connectivity index (χ1) is 9.41. The van der Waals surface area contributed by atoms with Gasteiger partial charge in [-0.1, -0.05) is 13.0 Å². The molecule has 1 fully saturated rings. The van der Waals surface area contributed by atoms with Crippen molar-refractivity contribution in [3.8, 4) is 5.75 Å². The van der Waals surface area contributed by atoms with Crippen LogP contribution in [-0.4, -0.2) is 39.0 Å². The maximum Gasteiger partial charge on any atom is 0.243 e. The zero-order valence-corrected chi connectivity index (χ0v) is 12.8. The molecule has 1 aliphatic heterocycles. The van der Waals surface area contributed by atoms with Gasteiger partial charge in [0, 0.05) is 19.2 Å². The molecule has 6 heteroatoms. The second-order valence-electron chi connectivity index (χ2n) is 5.51. The van der Waals surface area contributed by atoms with Gasteiger partial charge in [-0.15, -0.1) is 0 Å². The Morgan fingerprint density at radius 3 is 2.80 bits per heavy atom. The number of nitrogens with zero attached hydrogens (tertiary/aromatic N) is 1. The summed E-state index contributed by atoms with van der Waals surface area (Å²) in [6, 6.07) is 6.65. The number of nitrogens with two attached hydrogens (primary N) is 1. The van der Waals surface area contributed by atoms with Gasteiger partial charge < -0.3 is 10.5 Å². The number of benzene rings is 1. The van der Waals surface area contributed by atoms with Gasteiger partial charge in [0.1, 0.15) is 5.75 Å². The molecule has 0 spiro atoms. The first-order valence-corrected chi connectivity index (χ1v) is 8.28. The van der Waals surface area contributed by atoms with Gasteiger partial charge in [0.05, 0.1) is 11.5 Å². The molecule has 5 nitrogen and oxygen atoms in total. The molecule has 112 valence electrons. The molecule has 1 saturated heterocycles. The molecule has 2 N–H and O–H groups in total. The molecule has 2 rings (SSSR count). The van der Waals surface area contributed by atoms with Crippen molar-refractivity contribution in [1.29, 1.82) is 0 Å². The predicted octanol–water partition coefficient (Wildman–Crippen LogP) is 1.44. The van der Waals surface area contributed by atoms with E-state index in [-0.39, 0.29) is 10.3 Å². The van der Waals surface area contributed by atoms with Gasteiger partial charge in [-0.3, -0.25) is 0 Å². The minimum Gasteiger partial charge on any atom is -0.494 e. The number of ether oxygens (including phenoxy) is 1. The smallest absolute Gasteiger partial charge is 0.243 e. The number of rotatable bonds is 5. The van der Waals surface area contributed by atoms with Gasteiger partial charge in [-0.05, 0) is 37.4 Å². The Labute approximate surface area is 120 Å². The van der Waals surface area contributed by atoms with Gasteiger partial charge in [0.15, 0.2) is 0 Å². The van der Waals surface area contributed by atoms with E-state index in [4.69, 9.17) is 10.5 Å². The zero-order valence-electron chi connectivity index (χ0n) is 12.0. The van der Waals surface area contributed by atoms with Crippen LogP contribution in [0.2, 0.25) is 0 Å². The Hall–Kier alpha value is -1.11. The third-order valence-electron chi connectivity index (χ3n) is 3.77. The summed E-state index contributed by atoms with van der Waals surface area (Å²) in [6.45, 7) is 5.91. The van der Waals surface area contributed by atoms with Crippen LogP contribution in [0.25, 0.3) is 0 Å². The Kier molecular flexibility index (Phi) is 4.36. The Balaban J connectivity index is 2.25. The lowest BCUT2D eigenvalue weighted by molar-refractivity contribution is 0.338. The zero-order chi connectivity index (χ0) is 14.8. The number of sulfonamides is 1. The van der Waals surface area contributed by atoms with Crippen molar-refractivity contribution in [2.24, 2.45) is 11.1 Å². The van der Waals surface area contributed by atoms with E-state index in [1.807, 2.05) is 13.8 Å². The minimum absolute atomic E-state index is 0.120. The normalized spacial score (nSPS) is 23.9. The Morgan fingerprint density at radius 2 is 2.20 bits per heavy atom. The van der Waals surface area contributed by atoms with Crippen LogP contribution >= 0.6 is 0 Å². The van der Waals surface area contributed by atoms with E-state index in [0.717, 1.165) is 6.42 Å². The van der Waals surface area contributed by atoms with Crippen molar-refractivity contribution >= 4 is 10.0 Å². The summed E-state index contributed by atoms with van der Waals surface area (Å²) in [5.74, 6) is 0.578. The van der Waals surface area contributed by atoms with Crippen molar-refractivity contribution in [1.82, 2.24) is 4.31 Å². The minimum atomic E-state index is -3.46. The molecule has 0 bridgehead atoms. The molecule has 1 atom stereocenters. The Bertz CT molecular complexity index is 574. The summed E-state index contributed by atoms with van der Waals surface area (Å²) < 4.78 is 32.1. The van der Waals surface area contributed by atoms with Gasteiger partial charge >= 0.3 is 0 Å². The van der Waals surface area contributed by atoms with E-state index < -0.39 is 10.0 Å². The first kappa shape index (κ1) is 15.3. The van der Waals surface area contributed by atoms with Crippen LogP contribution in [0, 0.1) is 5.41 Å². The van der Waals surface area contributed by atoms with Crippen LogP contribution in [0.3, 0.4) is 0 Å². The fourth-order valence-electron chi connectivity index (χ4n) is 2.39. The maximum atomic E-state index is 12.6. The average molecular weight is 298 g/mol. The van der Waals surface area contributed by atoms with Crippen LogP contribution in [-0.2, 0) is 10.0 Å². The van der Waals surface area contributed by atoms with Crippen LogP contribution in [0.15, 0.2) is 29.2 Å². The lowest BCUT2D eigenvalue weighted by atomic mass is 9.90. The van der Waals surface area contributed by atoms with Gasteiger partial charge in [0.25, 0.3) is 0 Å². The second-order valence-corrected chi connectivity index (χ2v) is 7.45. The van der Waals surface area contributed by atoms with Gasteiger partial charge in [-0.2, -0.15) is 4.31 Å². The lowest BCUT2D eigenvalue weighted by Crippen LogP contribution is -2.34. The number of hydrogen-bond donors (Lipinski definition) is 1. The van der Waals surface area contributed by atoms with Crippen molar-refractivity contribution in [2.45, 2.75) is 25.2 Å². The largest absolute Gasteiger partial charge is 0.494 e. The predicted molar refractivity (Wildman–Crippen MR) is 78.1 cm³/mol. The van der Waals surface area contributed by atoms with Gasteiger partial charge in [-0.25, -0.2) is 8.42 Å². The molecule has 1 aliphatic rings. The number of hydrogen-bond acceptors (Lipinski definition) is 4. The van der Waals surface area contributed by atoms with E-state index in [1.54, 1.807) is 24.3 Å². The summed E-state index contributed by atoms with van der Waals surface area (Å²) in [5, 5.41) is 0. The molecule has 1 unspecified atom stereocenters. The quantitative estimate of drug-likeness (QED) is 0.893. The highest BCUT2D eigenvalue weighted by Gasteiger charge is 2.39. The first-order valence-electron chi connectivity index (χ1n) is 6.84. The van der Waals surface area contributed by atoms with E-state index in [1.165, 1.54) is 4.31 Å². The van der Waals surface area contributed by atoms with E-state index in [9.17, 15) is 8.42 Å². The highest BCUT2D eigenvalue weighted by molar-refractivity contribution is 7.89. The molecule has 0 amide bonds. The highest BCUT2D eigenvalue weighted by atomic mass is 32.2. The topological polar surface area (TPSA) is 72.6 Å². The third-order valence-corrected chi connectivity index (χ3v) is 5.61. The molecule has 20 heavy (non-hydrogen) atoms. The van der Waals surface area contributed by atoms with Crippen LogP contribution in [0.1, 0.15) is 20.3 Å². The summed E-state index contributed by atoms with van der Waals surface area (Å²) in [5.41, 5.74) is 5.61. The van der Waals surface area contributed by atoms with Crippen molar-refractivity contribution < 1.29 is 13.2 Å². The molecular weight excluding hydrogens is 276 g/mol. The fourth-order valence-corrected chi connectivity index (χ4v) is 4.02. The third kappa shape index (κ3) is 2.97. The highest BCUT2D eigenvalue weighted by Crippen LogP contribution is 2.33. The Morgan fingerprint density at radius 1 is 1.45 bits per heavy atom. The van der Waals surface area contributed by atoms with E-state index in [2.05, 4.69) is 0 Å². The lowest BCUT2D eigenvalue weighted by Gasteiger charge is -2.22. The summed E-state index contributed by atoms with van der Waals surface area (Å²) in [6.07, 6.45) is 0.799. The molecule has 1 heterocycles. The molecule has 0 aromatic heterocycles. The molecule has 0 radical (unpaired) electrons. The van der Waals surface area contributed by atoms with E-state index >= 15 is 0 Å². The molecular formula is C14H22N2O3S. The maximum absolute atomic E-state index is 12.6. The van der Waals surface area contributed by atoms with E-state index in [0.29, 0.717) is 32.0 Å². The molecule has 0 aliphatic carbocycles. The standard InChI is InChI=1S/C14H22N2O3S/c1-3-19-12-5-4-6-13(9-12)20(17,18)16-8-7-14(2,10-15)11-16/h4-6,9H,3,7-8,10-11,15H2,1-2H3. The molecule has 1 aromatic rings. The fraction of sp³-hybridized carbons (Fsp3) is 0.571. The monoisotopic (exact) mass is 298 g/mol.